The van der Waals surface area contributed by atoms with Crippen LogP contribution in [0, 0.1) is 17.5 Å². The van der Waals surface area contributed by atoms with Crippen LogP contribution in [0.2, 0.25) is 0 Å². The number of rotatable bonds is 7. The summed E-state index contributed by atoms with van der Waals surface area (Å²) in [6.07, 6.45) is 2.47. The number of phenols is 1. The second-order valence-electron chi connectivity index (χ2n) is 9.40. The van der Waals surface area contributed by atoms with E-state index in [1.54, 1.807) is 36.4 Å². The molecule has 0 amide bonds. The zero-order valence-corrected chi connectivity index (χ0v) is 20.3. The predicted octanol–water partition coefficient (Wildman–Crippen LogP) is 6.58. The van der Waals surface area contributed by atoms with E-state index >= 15 is 0 Å². The maximum Gasteiger partial charge on any atom is 0.166 e. The quantitative estimate of drug-likeness (QED) is 0.278. The minimum atomic E-state index is -1.31. The van der Waals surface area contributed by atoms with Gasteiger partial charge in [0.2, 0.25) is 0 Å². The number of aliphatic hydroxyl groups is 1. The van der Waals surface area contributed by atoms with E-state index in [0.717, 1.165) is 25.7 Å². The van der Waals surface area contributed by atoms with E-state index < -0.39 is 23.6 Å². The van der Waals surface area contributed by atoms with Gasteiger partial charge in [0.1, 0.15) is 30.0 Å². The Hall–Kier alpha value is -3.55. The molecule has 7 heteroatoms. The maximum absolute atomic E-state index is 14.8. The standard InChI is InChI=1S/C30H28F3NO3/c31-21-17-26(29(33)27(32)18-21)25-10-6-20-16-22(35)7-11-24(20)28(25)30(36)19-4-8-23(9-5-19)37-15-14-34-12-2-1-3-13-34/h4-11,16-18,30,35-36H,1-3,12-15H2. The summed E-state index contributed by atoms with van der Waals surface area (Å²) in [5, 5.41) is 22.5. The summed E-state index contributed by atoms with van der Waals surface area (Å²) in [6.45, 7) is 3.60. The van der Waals surface area contributed by atoms with Gasteiger partial charge in [0.25, 0.3) is 0 Å². The lowest BCUT2D eigenvalue weighted by molar-refractivity contribution is 0.183. The van der Waals surface area contributed by atoms with Crippen LogP contribution in [0.15, 0.2) is 66.7 Å². The molecule has 4 aromatic rings. The van der Waals surface area contributed by atoms with Gasteiger partial charge in [0.05, 0.1) is 0 Å². The monoisotopic (exact) mass is 507 g/mol. The van der Waals surface area contributed by atoms with Crippen molar-refractivity contribution in [2.75, 3.05) is 26.2 Å². The number of aliphatic hydroxyl groups excluding tert-OH is 1. The Labute approximate surface area is 213 Å². The van der Waals surface area contributed by atoms with Gasteiger partial charge in [-0.3, -0.25) is 4.90 Å². The Morgan fingerprint density at radius 2 is 1.59 bits per heavy atom. The summed E-state index contributed by atoms with van der Waals surface area (Å²) in [4.78, 5) is 2.38. The molecule has 5 rings (SSSR count). The highest BCUT2D eigenvalue weighted by molar-refractivity contribution is 5.93. The van der Waals surface area contributed by atoms with Gasteiger partial charge >= 0.3 is 0 Å². The second kappa shape index (κ2) is 10.8. The van der Waals surface area contributed by atoms with Crippen LogP contribution in [-0.2, 0) is 0 Å². The van der Waals surface area contributed by atoms with Crippen molar-refractivity contribution in [2.45, 2.75) is 25.4 Å². The average Bonchev–Trinajstić information content (AvgIpc) is 2.90. The van der Waals surface area contributed by atoms with Crippen LogP contribution in [0.5, 0.6) is 11.5 Å². The summed E-state index contributed by atoms with van der Waals surface area (Å²) in [5.74, 6) is -2.76. The van der Waals surface area contributed by atoms with Gasteiger partial charge in [-0.2, -0.15) is 0 Å². The molecule has 1 saturated heterocycles. The highest BCUT2D eigenvalue weighted by Crippen LogP contribution is 2.40. The number of piperidine rings is 1. The molecule has 0 aromatic heterocycles. The molecule has 0 spiro atoms. The van der Waals surface area contributed by atoms with E-state index in [9.17, 15) is 23.4 Å². The molecule has 1 unspecified atom stereocenters. The lowest BCUT2D eigenvalue weighted by Gasteiger charge is -2.26. The molecular weight excluding hydrogens is 479 g/mol. The summed E-state index contributed by atoms with van der Waals surface area (Å²) in [7, 11) is 0. The van der Waals surface area contributed by atoms with Crippen LogP contribution in [0.25, 0.3) is 21.9 Å². The molecule has 4 aromatic carbocycles. The first-order valence-corrected chi connectivity index (χ1v) is 12.4. The smallest absolute Gasteiger partial charge is 0.166 e. The molecule has 2 N–H and O–H groups in total. The number of likely N-dealkylation sites (tertiary alicyclic amines) is 1. The number of hydrogen-bond donors (Lipinski definition) is 2. The Kier molecular flexibility index (Phi) is 7.35. The SMILES string of the molecule is Oc1ccc2c(C(O)c3ccc(OCCN4CCCCC4)cc3)c(-c3cc(F)cc(F)c3F)ccc2c1. The second-order valence-corrected chi connectivity index (χ2v) is 9.40. The minimum Gasteiger partial charge on any atom is -0.508 e. The molecule has 0 radical (unpaired) electrons. The van der Waals surface area contributed by atoms with Crippen molar-refractivity contribution in [3.63, 3.8) is 0 Å². The number of ether oxygens (including phenoxy) is 1. The van der Waals surface area contributed by atoms with E-state index in [-0.39, 0.29) is 22.4 Å². The van der Waals surface area contributed by atoms with Crippen molar-refractivity contribution in [1.82, 2.24) is 4.90 Å². The molecule has 0 bridgehead atoms. The number of benzene rings is 4. The normalized spacial score (nSPS) is 15.1. The number of nitrogens with zero attached hydrogens (tertiary/aromatic N) is 1. The molecule has 1 aliphatic heterocycles. The first kappa shape index (κ1) is 25.1. The molecule has 0 aliphatic carbocycles. The van der Waals surface area contributed by atoms with Crippen molar-refractivity contribution >= 4 is 10.8 Å². The van der Waals surface area contributed by atoms with E-state index in [0.29, 0.717) is 34.8 Å². The Morgan fingerprint density at radius 1 is 0.838 bits per heavy atom. The van der Waals surface area contributed by atoms with E-state index in [2.05, 4.69) is 4.90 Å². The fourth-order valence-corrected chi connectivity index (χ4v) is 5.01. The Morgan fingerprint density at radius 3 is 2.35 bits per heavy atom. The van der Waals surface area contributed by atoms with Crippen molar-refractivity contribution in [2.24, 2.45) is 0 Å². The largest absolute Gasteiger partial charge is 0.508 e. The minimum absolute atomic E-state index is 0.0229. The number of hydrogen-bond acceptors (Lipinski definition) is 4. The van der Waals surface area contributed by atoms with Crippen LogP contribution in [0.4, 0.5) is 13.2 Å². The van der Waals surface area contributed by atoms with Gasteiger partial charge in [-0.25, -0.2) is 13.2 Å². The summed E-state index contributed by atoms with van der Waals surface area (Å²) in [6, 6.07) is 16.0. The Bertz CT molecular complexity index is 1400. The molecule has 1 atom stereocenters. The molecule has 1 heterocycles. The third kappa shape index (κ3) is 5.43. The first-order valence-electron chi connectivity index (χ1n) is 12.4. The predicted molar refractivity (Wildman–Crippen MR) is 137 cm³/mol. The number of phenolic OH excluding ortho intramolecular Hbond substituents is 1. The fourth-order valence-electron chi connectivity index (χ4n) is 5.01. The highest BCUT2D eigenvalue weighted by Gasteiger charge is 2.23. The van der Waals surface area contributed by atoms with Crippen LogP contribution in [0.3, 0.4) is 0 Å². The van der Waals surface area contributed by atoms with Crippen molar-refractivity contribution in [3.05, 3.63) is 95.3 Å². The molecule has 37 heavy (non-hydrogen) atoms. The molecule has 1 fully saturated rings. The molecular formula is C30H28F3NO3. The summed E-state index contributed by atoms with van der Waals surface area (Å²) in [5.41, 5.74) is 0.644. The Balaban J connectivity index is 1.47. The van der Waals surface area contributed by atoms with Crippen LogP contribution in [-0.4, -0.2) is 41.4 Å². The average molecular weight is 508 g/mol. The van der Waals surface area contributed by atoms with E-state index in [4.69, 9.17) is 4.74 Å². The highest BCUT2D eigenvalue weighted by atomic mass is 19.2. The molecule has 192 valence electrons. The number of halogens is 3. The van der Waals surface area contributed by atoms with Gasteiger partial charge in [-0.15, -0.1) is 0 Å². The molecule has 1 aliphatic rings. The van der Waals surface area contributed by atoms with Gasteiger partial charge in [-0.05, 0) is 78.2 Å². The fraction of sp³-hybridized carbons (Fsp3) is 0.267. The van der Waals surface area contributed by atoms with Gasteiger partial charge < -0.3 is 14.9 Å². The zero-order valence-electron chi connectivity index (χ0n) is 20.3. The zero-order chi connectivity index (χ0) is 25.9. The van der Waals surface area contributed by atoms with Gasteiger partial charge in [-0.1, -0.05) is 36.8 Å². The van der Waals surface area contributed by atoms with Gasteiger partial charge in [0, 0.05) is 23.7 Å². The summed E-state index contributed by atoms with van der Waals surface area (Å²) < 4.78 is 48.8. The summed E-state index contributed by atoms with van der Waals surface area (Å²) >= 11 is 0. The maximum atomic E-state index is 14.8. The molecule has 0 saturated carbocycles. The lowest BCUT2D eigenvalue weighted by Crippen LogP contribution is -2.33. The number of fused-ring (bicyclic) bond motifs is 1. The van der Waals surface area contributed by atoms with Crippen molar-refractivity contribution in [3.8, 4) is 22.6 Å². The van der Waals surface area contributed by atoms with Gasteiger partial charge in [0.15, 0.2) is 11.6 Å². The van der Waals surface area contributed by atoms with Crippen molar-refractivity contribution < 1.29 is 28.1 Å². The van der Waals surface area contributed by atoms with Crippen LogP contribution >= 0.6 is 0 Å². The lowest BCUT2D eigenvalue weighted by atomic mass is 9.88. The molecule has 4 nitrogen and oxygen atoms in total. The third-order valence-corrected chi connectivity index (χ3v) is 6.92. The van der Waals surface area contributed by atoms with E-state index in [1.165, 1.54) is 37.5 Å². The van der Waals surface area contributed by atoms with E-state index in [1.807, 2.05) is 0 Å². The topological polar surface area (TPSA) is 52.9 Å². The number of aromatic hydroxyl groups is 1. The van der Waals surface area contributed by atoms with Crippen LogP contribution in [0.1, 0.15) is 36.5 Å². The van der Waals surface area contributed by atoms with Crippen LogP contribution < -0.4 is 4.74 Å². The first-order chi connectivity index (χ1) is 17.9. The van der Waals surface area contributed by atoms with Crippen molar-refractivity contribution in [1.29, 1.82) is 0 Å². The third-order valence-electron chi connectivity index (χ3n) is 6.92.